The highest BCUT2D eigenvalue weighted by Gasteiger charge is 2.05. The fourth-order valence-corrected chi connectivity index (χ4v) is 1.52. The molecule has 13 heavy (non-hydrogen) atoms. The first-order valence-corrected chi connectivity index (χ1v) is 4.14. The molecule has 1 heteroatoms. The summed E-state index contributed by atoms with van der Waals surface area (Å²) in [4.78, 5) is 0. The van der Waals surface area contributed by atoms with Crippen molar-refractivity contribution in [1.82, 2.24) is 0 Å². The normalized spacial score (nSPS) is 9.77. The molecule has 1 rings (SSSR count). The van der Waals surface area contributed by atoms with Crippen molar-refractivity contribution in [2.75, 3.05) is 0 Å². The molecule has 0 bridgehead atoms. The summed E-state index contributed by atoms with van der Waals surface area (Å²) >= 11 is 0. The summed E-state index contributed by atoms with van der Waals surface area (Å²) in [5, 5.41) is 0. The third-order valence-electron chi connectivity index (χ3n) is 2.06. The molecule has 0 amide bonds. The van der Waals surface area contributed by atoms with Gasteiger partial charge in [-0.15, -0.1) is 0 Å². The minimum Gasteiger partial charge on any atom is -0.207 e. The van der Waals surface area contributed by atoms with Crippen LogP contribution in [0.25, 0.3) is 5.57 Å². The van der Waals surface area contributed by atoms with Crippen molar-refractivity contribution in [3.63, 3.8) is 0 Å². The molecule has 0 heterocycles. The van der Waals surface area contributed by atoms with Crippen LogP contribution in [-0.2, 0) is 0 Å². The van der Waals surface area contributed by atoms with Gasteiger partial charge in [0, 0.05) is 0 Å². The number of rotatable bonds is 2. The van der Waals surface area contributed by atoms with Crippen LogP contribution in [0.2, 0.25) is 0 Å². The first kappa shape index (κ1) is 9.72. The lowest BCUT2D eigenvalue weighted by Gasteiger charge is -2.09. The molecule has 0 N–H and O–H groups in total. The molecule has 0 saturated carbocycles. The van der Waals surface area contributed by atoms with E-state index in [9.17, 15) is 4.39 Å². The van der Waals surface area contributed by atoms with E-state index in [1.54, 1.807) is 6.08 Å². The van der Waals surface area contributed by atoms with E-state index in [2.05, 4.69) is 13.2 Å². The largest absolute Gasteiger partial charge is 0.207 e. The van der Waals surface area contributed by atoms with Gasteiger partial charge in [0.25, 0.3) is 0 Å². The predicted octanol–water partition coefficient (Wildman–Crippen LogP) is 3.64. The van der Waals surface area contributed by atoms with E-state index in [0.29, 0.717) is 0 Å². The molecule has 0 aliphatic rings. The Morgan fingerprint density at radius 1 is 1.31 bits per heavy atom. The van der Waals surface area contributed by atoms with Crippen LogP contribution in [0.5, 0.6) is 0 Å². The van der Waals surface area contributed by atoms with E-state index in [4.69, 9.17) is 0 Å². The highest BCUT2D eigenvalue weighted by Crippen LogP contribution is 2.23. The van der Waals surface area contributed by atoms with E-state index in [0.717, 1.165) is 22.3 Å². The average Bonchev–Trinajstić information content (AvgIpc) is 2.02. The van der Waals surface area contributed by atoms with E-state index in [1.165, 1.54) is 12.1 Å². The molecular weight excluding hydrogens is 163 g/mol. The quantitative estimate of drug-likeness (QED) is 0.603. The molecule has 0 nitrogen and oxygen atoms in total. The van der Waals surface area contributed by atoms with Gasteiger partial charge in [-0.1, -0.05) is 19.2 Å². The lowest BCUT2D eigenvalue weighted by Crippen LogP contribution is -1.92. The van der Waals surface area contributed by atoms with Crippen molar-refractivity contribution in [2.45, 2.75) is 13.8 Å². The highest BCUT2D eigenvalue weighted by molar-refractivity contribution is 5.75. The Kier molecular flexibility index (Phi) is 2.66. The number of allylic oxidation sites excluding steroid dienone is 2. The van der Waals surface area contributed by atoms with E-state index in [1.807, 2.05) is 13.8 Å². The summed E-state index contributed by atoms with van der Waals surface area (Å²) in [6, 6.07) is 3.02. The van der Waals surface area contributed by atoms with Crippen LogP contribution in [0.15, 0.2) is 31.4 Å². The molecule has 0 radical (unpaired) electrons. The maximum absolute atomic E-state index is 12.9. The van der Waals surface area contributed by atoms with Crippen molar-refractivity contribution in [3.8, 4) is 0 Å². The Balaban J connectivity index is 3.36. The monoisotopic (exact) mass is 176 g/mol. The lowest BCUT2D eigenvalue weighted by atomic mass is 9.96. The molecule has 0 aliphatic carbocycles. The number of hydrogen-bond donors (Lipinski definition) is 0. The predicted molar refractivity (Wildman–Crippen MR) is 55.1 cm³/mol. The van der Waals surface area contributed by atoms with Gasteiger partial charge in [0.05, 0.1) is 0 Å². The topological polar surface area (TPSA) is 0 Å². The fraction of sp³-hybridized carbons (Fsp3) is 0.167. The molecule has 0 atom stereocenters. The molecule has 0 fully saturated rings. The first-order chi connectivity index (χ1) is 6.06. The molecule has 1 aromatic carbocycles. The van der Waals surface area contributed by atoms with E-state index < -0.39 is 0 Å². The standard InChI is InChI=1S/C12H13F/c1-5-8(2)12-9(3)6-11(13)7-10(12)4/h5-7H,1-2H2,3-4H3. The van der Waals surface area contributed by atoms with Gasteiger partial charge in [0.2, 0.25) is 0 Å². The molecule has 0 unspecified atom stereocenters. The molecule has 68 valence electrons. The zero-order valence-electron chi connectivity index (χ0n) is 8.02. The fourth-order valence-electron chi connectivity index (χ4n) is 1.52. The number of aryl methyl sites for hydroxylation is 2. The smallest absolute Gasteiger partial charge is 0.123 e. The number of hydrogen-bond acceptors (Lipinski definition) is 0. The van der Waals surface area contributed by atoms with Gasteiger partial charge in [-0.2, -0.15) is 0 Å². The van der Waals surface area contributed by atoms with Crippen LogP contribution in [-0.4, -0.2) is 0 Å². The van der Waals surface area contributed by atoms with Crippen molar-refractivity contribution >= 4 is 5.57 Å². The molecule has 0 saturated heterocycles. The van der Waals surface area contributed by atoms with Crippen molar-refractivity contribution in [3.05, 3.63) is 53.9 Å². The minimum absolute atomic E-state index is 0.199. The van der Waals surface area contributed by atoms with Gasteiger partial charge in [-0.3, -0.25) is 0 Å². The summed E-state index contributed by atoms with van der Waals surface area (Å²) < 4.78 is 12.9. The van der Waals surface area contributed by atoms with Crippen molar-refractivity contribution < 1.29 is 4.39 Å². The first-order valence-electron chi connectivity index (χ1n) is 4.14. The van der Waals surface area contributed by atoms with E-state index >= 15 is 0 Å². The summed E-state index contributed by atoms with van der Waals surface area (Å²) in [5.41, 5.74) is 3.65. The molecule has 0 aliphatic heterocycles. The molecule has 1 aromatic rings. The summed E-state index contributed by atoms with van der Waals surface area (Å²) in [5.74, 6) is -0.199. The summed E-state index contributed by atoms with van der Waals surface area (Å²) in [6.45, 7) is 11.3. The molecule has 0 spiro atoms. The maximum atomic E-state index is 12.9. The van der Waals surface area contributed by atoms with Crippen molar-refractivity contribution in [1.29, 1.82) is 0 Å². The van der Waals surface area contributed by atoms with Gasteiger partial charge in [0.1, 0.15) is 5.82 Å². The number of halogens is 1. The van der Waals surface area contributed by atoms with Crippen molar-refractivity contribution in [2.24, 2.45) is 0 Å². The third kappa shape index (κ3) is 1.86. The van der Waals surface area contributed by atoms with Crippen LogP contribution in [0.1, 0.15) is 16.7 Å². The van der Waals surface area contributed by atoms with Gasteiger partial charge in [0.15, 0.2) is 0 Å². The van der Waals surface area contributed by atoms with Gasteiger partial charge in [-0.05, 0) is 48.2 Å². The Hall–Kier alpha value is -1.37. The van der Waals surface area contributed by atoms with Gasteiger partial charge in [-0.25, -0.2) is 4.39 Å². The van der Waals surface area contributed by atoms with Crippen LogP contribution in [0.3, 0.4) is 0 Å². The Morgan fingerprint density at radius 2 is 1.77 bits per heavy atom. The molecule has 0 aromatic heterocycles. The maximum Gasteiger partial charge on any atom is 0.123 e. The average molecular weight is 176 g/mol. The Morgan fingerprint density at radius 3 is 2.15 bits per heavy atom. The van der Waals surface area contributed by atoms with Gasteiger partial charge >= 0.3 is 0 Å². The zero-order valence-corrected chi connectivity index (χ0v) is 8.02. The summed E-state index contributed by atoms with van der Waals surface area (Å²) in [7, 11) is 0. The minimum atomic E-state index is -0.199. The van der Waals surface area contributed by atoms with Crippen LogP contribution >= 0.6 is 0 Å². The third-order valence-corrected chi connectivity index (χ3v) is 2.06. The van der Waals surface area contributed by atoms with E-state index in [-0.39, 0.29) is 5.82 Å². The van der Waals surface area contributed by atoms with Crippen LogP contribution < -0.4 is 0 Å². The van der Waals surface area contributed by atoms with Gasteiger partial charge < -0.3 is 0 Å². The second-order valence-corrected chi connectivity index (χ2v) is 3.14. The van der Waals surface area contributed by atoms with Crippen LogP contribution in [0.4, 0.5) is 4.39 Å². The Labute approximate surface area is 78.4 Å². The second-order valence-electron chi connectivity index (χ2n) is 3.14. The van der Waals surface area contributed by atoms with Crippen LogP contribution in [0, 0.1) is 19.7 Å². The zero-order chi connectivity index (χ0) is 10.0. The highest BCUT2D eigenvalue weighted by atomic mass is 19.1. The SMILES string of the molecule is C=CC(=C)c1c(C)cc(F)cc1C. The summed E-state index contributed by atoms with van der Waals surface area (Å²) in [6.07, 6.45) is 1.69. The second kappa shape index (κ2) is 3.56. The number of benzene rings is 1. The molecular formula is C12H13F. The Bertz CT molecular complexity index is 338. The lowest BCUT2D eigenvalue weighted by molar-refractivity contribution is 0.625.